The highest BCUT2D eigenvalue weighted by molar-refractivity contribution is 5.71. The molecule has 0 fully saturated rings. The third kappa shape index (κ3) is 53.7. The fourth-order valence-corrected chi connectivity index (χ4v) is 7.94. The minimum atomic E-state index is -0.801. The van der Waals surface area contributed by atoms with E-state index >= 15 is 0 Å². The van der Waals surface area contributed by atoms with E-state index in [1.54, 1.807) is 0 Å². The molecule has 0 bridgehead atoms. The molecule has 0 aliphatic heterocycles. The Morgan fingerprint density at radius 1 is 0.313 bits per heavy atom. The van der Waals surface area contributed by atoms with Crippen molar-refractivity contribution in [2.45, 2.75) is 284 Å². The summed E-state index contributed by atoms with van der Waals surface area (Å²) in [5.41, 5.74) is 0. The van der Waals surface area contributed by atoms with E-state index in [4.69, 9.17) is 14.2 Å². The summed E-state index contributed by atoms with van der Waals surface area (Å²) in [4.78, 5) is 38.1. The third-order valence-electron chi connectivity index (χ3n) is 12.2. The van der Waals surface area contributed by atoms with Crippen LogP contribution in [0.5, 0.6) is 0 Å². The molecule has 0 aromatic heterocycles. The molecular formula is C61H106O6. The van der Waals surface area contributed by atoms with E-state index in [9.17, 15) is 14.4 Å². The minimum absolute atomic E-state index is 0.0943. The lowest BCUT2D eigenvalue weighted by atomic mass is 10.0. The topological polar surface area (TPSA) is 78.9 Å². The molecule has 0 heterocycles. The maximum absolute atomic E-state index is 12.8. The van der Waals surface area contributed by atoms with Crippen LogP contribution in [0.25, 0.3) is 0 Å². The van der Waals surface area contributed by atoms with Crippen LogP contribution in [0.4, 0.5) is 0 Å². The Labute approximate surface area is 414 Å². The van der Waals surface area contributed by atoms with Gasteiger partial charge in [-0.25, -0.2) is 0 Å². The summed E-state index contributed by atoms with van der Waals surface area (Å²) in [6.45, 7) is 6.49. The van der Waals surface area contributed by atoms with Gasteiger partial charge < -0.3 is 14.2 Å². The van der Waals surface area contributed by atoms with Crippen LogP contribution in [0.3, 0.4) is 0 Å². The normalized spacial score (nSPS) is 12.6. The van der Waals surface area contributed by atoms with Gasteiger partial charge in [0.1, 0.15) is 13.2 Å². The number of ether oxygens (including phenoxy) is 3. The van der Waals surface area contributed by atoms with Gasteiger partial charge in [-0.3, -0.25) is 14.4 Å². The molecule has 6 heteroatoms. The molecule has 1 atom stereocenters. The van der Waals surface area contributed by atoms with Crippen LogP contribution in [0.1, 0.15) is 278 Å². The summed E-state index contributed by atoms with van der Waals surface area (Å²) in [5, 5.41) is 0. The molecule has 0 aliphatic carbocycles. The summed E-state index contributed by atoms with van der Waals surface area (Å²) < 4.78 is 16.8. The molecule has 0 saturated carbocycles. The Morgan fingerprint density at radius 3 is 0.970 bits per heavy atom. The zero-order chi connectivity index (χ0) is 48.6. The number of hydrogen-bond acceptors (Lipinski definition) is 6. The van der Waals surface area contributed by atoms with Crippen molar-refractivity contribution in [3.05, 3.63) is 72.9 Å². The second-order valence-electron chi connectivity index (χ2n) is 18.8. The van der Waals surface area contributed by atoms with Crippen molar-refractivity contribution >= 4 is 17.9 Å². The molecule has 0 aliphatic rings. The first-order valence-electron chi connectivity index (χ1n) is 28.4. The highest BCUT2D eigenvalue weighted by Gasteiger charge is 2.19. The van der Waals surface area contributed by atoms with Crippen molar-refractivity contribution in [2.75, 3.05) is 13.2 Å². The number of allylic oxidation sites excluding steroid dienone is 12. The van der Waals surface area contributed by atoms with Gasteiger partial charge in [0.2, 0.25) is 0 Å². The van der Waals surface area contributed by atoms with E-state index in [1.807, 2.05) is 0 Å². The summed E-state index contributed by atoms with van der Waals surface area (Å²) >= 11 is 0. The molecule has 0 spiro atoms. The first-order valence-corrected chi connectivity index (χ1v) is 28.4. The number of rotatable bonds is 51. The average Bonchev–Trinajstić information content (AvgIpc) is 3.33. The molecule has 67 heavy (non-hydrogen) atoms. The minimum Gasteiger partial charge on any atom is -0.462 e. The van der Waals surface area contributed by atoms with Crippen molar-refractivity contribution in [3.8, 4) is 0 Å². The molecule has 1 unspecified atom stereocenters. The monoisotopic (exact) mass is 935 g/mol. The molecular weight excluding hydrogens is 829 g/mol. The van der Waals surface area contributed by atoms with Crippen molar-refractivity contribution in [1.82, 2.24) is 0 Å². The fraction of sp³-hybridized carbons (Fsp3) is 0.754. The van der Waals surface area contributed by atoms with Gasteiger partial charge in [0.05, 0.1) is 0 Å². The van der Waals surface area contributed by atoms with Crippen LogP contribution >= 0.6 is 0 Å². The van der Waals surface area contributed by atoms with Crippen molar-refractivity contribution < 1.29 is 28.6 Å². The van der Waals surface area contributed by atoms with E-state index in [2.05, 4.69) is 93.7 Å². The lowest BCUT2D eigenvalue weighted by molar-refractivity contribution is -0.167. The van der Waals surface area contributed by atoms with Crippen LogP contribution in [0, 0.1) is 0 Å². The summed E-state index contributed by atoms with van der Waals surface area (Å²) in [6, 6.07) is 0. The first kappa shape index (κ1) is 63.8. The van der Waals surface area contributed by atoms with E-state index in [0.29, 0.717) is 19.3 Å². The third-order valence-corrected chi connectivity index (χ3v) is 12.2. The first-order chi connectivity index (χ1) is 33.0. The van der Waals surface area contributed by atoms with Gasteiger partial charge in [0.15, 0.2) is 6.10 Å². The van der Waals surface area contributed by atoms with Crippen LogP contribution < -0.4 is 0 Å². The van der Waals surface area contributed by atoms with E-state index in [1.165, 1.54) is 141 Å². The molecule has 0 aromatic carbocycles. The fourth-order valence-electron chi connectivity index (χ4n) is 7.94. The highest BCUT2D eigenvalue weighted by atomic mass is 16.6. The van der Waals surface area contributed by atoms with E-state index in [-0.39, 0.29) is 37.5 Å². The predicted molar refractivity (Wildman–Crippen MR) is 288 cm³/mol. The molecule has 386 valence electrons. The maximum atomic E-state index is 12.8. The summed E-state index contributed by atoms with van der Waals surface area (Å²) in [7, 11) is 0. The van der Waals surface area contributed by atoms with Crippen molar-refractivity contribution in [3.63, 3.8) is 0 Å². The van der Waals surface area contributed by atoms with E-state index in [0.717, 1.165) is 89.9 Å². The molecule has 0 radical (unpaired) electrons. The Hall–Kier alpha value is -3.15. The maximum Gasteiger partial charge on any atom is 0.306 e. The van der Waals surface area contributed by atoms with Crippen LogP contribution in [0.2, 0.25) is 0 Å². The van der Waals surface area contributed by atoms with Crippen LogP contribution in [-0.4, -0.2) is 37.2 Å². The molecule has 6 nitrogen and oxygen atoms in total. The molecule has 0 N–H and O–H groups in total. The number of unbranched alkanes of at least 4 members (excludes halogenated alkanes) is 28. The Balaban J connectivity index is 4.46. The van der Waals surface area contributed by atoms with Gasteiger partial charge in [-0.15, -0.1) is 0 Å². The predicted octanol–water partition coefficient (Wildman–Crippen LogP) is 19.0. The zero-order valence-corrected chi connectivity index (χ0v) is 44.2. The molecule has 0 aromatic rings. The number of carbonyl (C=O) groups excluding carboxylic acids is 3. The average molecular weight is 936 g/mol. The van der Waals surface area contributed by atoms with Crippen molar-refractivity contribution in [1.29, 1.82) is 0 Å². The smallest absolute Gasteiger partial charge is 0.306 e. The van der Waals surface area contributed by atoms with E-state index < -0.39 is 6.10 Å². The largest absolute Gasteiger partial charge is 0.462 e. The van der Waals surface area contributed by atoms with Gasteiger partial charge in [-0.1, -0.05) is 248 Å². The second kappa shape index (κ2) is 55.4. The zero-order valence-electron chi connectivity index (χ0n) is 44.2. The highest BCUT2D eigenvalue weighted by Crippen LogP contribution is 2.16. The molecule has 0 amide bonds. The summed E-state index contributed by atoms with van der Waals surface area (Å²) in [6.07, 6.45) is 70.4. The molecule has 0 rings (SSSR count). The number of hydrogen-bond donors (Lipinski definition) is 0. The SMILES string of the molecule is CC/C=C\C/C=C\C/C=C\CCCCCCCCC(=O)OC(COC(=O)CCC/C=C\C/C=C\C/C=C\CCCCCCCC)COC(=O)CCCCCCCCCCCCCCCCCC. The second-order valence-corrected chi connectivity index (χ2v) is 18.8. The number of carbonyl (C=O) groups is 3. The van der Waals surface area contributed by atoms with Crippen molar-refractivity contribution in [2.24, 2.45) is 0 Å². The van der Waals surface area contributed by atoms with Gasteiger partial charge in [-0.2, -0.15) is 0 Å². The standard InChI is InChI=1S/C61H106O6/c1-4-7-10-13-16-19-22-25-28-31-34-36-39-42-45-48-51-54-60(63)66-57-58(67-61(64)55-52-49-46-43-40-37-33-30-27-24-21-18-15-12-9-6-3)56-65-59(62)53-50-47-44-41-38-35-32-29-26-23-20-17-14-11-8-5-2/h9,12,18,21,25,27-28,30,34,36,42,45,58H,4-8,10-11,13-17,19-20,22-24,26,29,31-33,35,37-41,43-44,46-57H2,1-3H3/b12-9-,21-18-,28-25-,30-27-,36-34-,45-42-. The number of esters is 3. The quantitative estimate of drug-likeness (QED) is 0.0262. The van der Waals surface area contributed by atoms with Gasteiger partial charge in [0.25, 0.3) is 0 Å². The van der Waals surface area contributed by atoms with Gasteiger partial charge in [-0.05, 0) is 83.5 Å². The Morgan fingerprint density at radius 2 is 0.597 bits per heavy atom. The molecule has 0 saturated heterocycles. The Bertz CT molecular complexity index is 1260. The Kier molecular flexibility index (Phi) is 52.8. The summed E-state index contributed by atoms with van der Waals surface area (Å²) in [5.74, 6) is -0.953. The lowest BCUT2D eigenvalue weighted by Gasteiger charge is -2.18. The van der Waals surface area contributed by atoms with Gasteiger partial charge in [0, 0.05) is 19.3 Å². The lowest BCUT2D eigenvalue weighted by Crippen LogP contribution is -2.30. The van der Waals surface area contributed by atoms with Gasteiger partial charge >= 0.3 is 17.9 Å². The van der Waals surface area contributed by atoms with Crippen LogP contribution in [0.15, 0.2) is 72.9 Å². The van der Waals surface area contributed by atoms with Crippen LogP contribution in [-0.2, 0) is 28.6 Å².